The van der Waals surface area contributed by atoms with Crippen LogP contribution in [-0.4, -0.2) is 40.8 Å². The SMILES string of the molecule is COc1cc(NC(=O)CNc2ccc(N(C)C)cc2)c(OC)cc1Cl. The molecule has 1 amide bonds. The maximum absolute atomic E-state index is 12.2. The number of rotatable bonds is 7. The third-order valence-corrected chi connectivity index (χ3v) is 3.88. The van der Waals surface area contributed by atoms with E-state index in [0.29, 0.717) is 22.2 Å². The molecule has 0 saturated heterocycles. The Morgan fingerprint density at radius 2 is 1.72 bits per heavy atom. The van der Waals surface area contributed by atoms with Crippen LogP contribution in [0.2, 0.25) is 5.02 Å². The van der Waals surface area contributed by atoms with Crippen molar-refractivity contribution in [3.8, 4) is 11.5 Å². The first-order valence-electron chi connectivity index (χ1n) is 7.67. The summed E-state index contributed by atoms with van der Waals surface area (Å²) in [6.07, 6.45) is 0. The lowest BCUT2D eigenvalue weighted by atomic mass is 10.2. The van der Waals surface area contributed by atoms with Crippen molar-refractivity contribution in [3.05, 3.63) is 41.4 Å². The first-order chi connectivity index (χ1) is 11.9. The van der Waals surface area contributed by atoms with Gasteiger partial charge in [-0.25, -0.2) is 0 Å². The molecule has 0 fully saturated rings. The fourth-order valence-corrected chi connectivity index (χ4v) is 2.44. The van der Waals surface area contributed by atoms with Gasteiger partial charge in [0.05, 0.1) is 31.5 Å². The summed E-state index contributed by atoms with van der Waals surface area (Å²) in [6.45, 7) is 0.120. The van der Waals surface area contributed by atoms with E-state index >= 15 is 0 Å². The number of anilines is 3. The second-order valence-corrected chi connectivity index (χ2v) is 5.94. The van der Waals surface area contributed by atoms with E-state index in [-0.39, 0.29) is 12.5 Å². The van der Waals surface area contributed by atoms with Gasteiger partial charge in [0.1, 0.15) is 11.5 Å². The zero-order chi connectivity index (χ0) is 18.4. The van der Waals surface area contributed by atoms with Crippen LogP contribution in [0.4, 0.5) is 17.1 Å². The van der Waals surface area contributed by atoms with Crippen molar-refractivity contribution < 1.29 is 14.3 Å². The molecule has 2 N–H and O–H groups in total. The summed E-state index contributed by atoms with van der Waals surface area (Å²) in [5.41, 5.74) is 2.45. The van der Waals surface area contributed by atoms with Gasteiger partial charge in [0.15, 0.2) is 0 Å². The maximum Gasteiger partial charge on any atom is 0.243 e. The molecule has 0 heterocycles. The van der Waals surface area contributed by atoms with Crippen LogP contribution in [-0.2, 0) is 4.79 Å². The summed E-state index contributed by atoms with van der Waals surface area (Å²) < 4.78 is 10.4. The Bertz CT molecular complexity index is 733. The van der Waals surface area contributed by atoms with Crippen LogP contribution >= 0.6 is 11.6 Å². The van der Waals surface area contributed by atoms with Gasteiger partial charge in [0.2, 0.25) is 5.91 Å². The third-order valence-electron chi connectivity index (χ3n) is 3.58. The fraction of sp³-hybridized carbons (Fsp3) is 0.278. The number of ether oxygens (including phenoxy) is 2. The monoisotopic (exact) mass is 363 g/mol. The second-order valence-electron chi connectivity index (χ2n) is 5.53. The lowest BCUT2D eigenvalue weighted by Gasteiger charge is -2.15. The van der Waals surface area contributed by atoms with Gasteiger partial charge in [-0.1, -0.05) is 11.6 Å². The predicted molar refractivity (Wildman–Crippen MR) is 102 cm³/mol. The predicted octanol–water partition coefficient (Wildman–Crippen LogP) is 3.47. The van der Waals surface area contributed by atoms with Gasteiger partial charge < -0.3 is 25.0 Å². The number of carbonyl (C=O) groups is 1. The average Bonchev–Trinajstić information content (AvgIpc) is 2.61. The molecular weight excluding hydrogens is 342 g/mol. The molecule has 0 spiro atoms. The van der Waals surface area contributed by atoms with E-state index in [9.17, 15) is 4.79 Å². The Morgan fingerprint density at radius 1 is 1.08 bits per heavy atom. The molecule has 6 nitrogen and oxygen atoms in total. The number of carbonyl (C=O) groups excluding carboxylic acids is 1. The van der Waals surface area contributed by atoms with Crippen LogP contribution in [0.25, 0.3) is 0 Å². The highest BCUT2D eigenvalue weighted by Crippen LogP contribution is 2.35. The Labute approximate surface area is 152 Å². The molecule has 0 saturated carbocycles. The fourth-order valence-electron chi connectivity index (χ4n) is 2.21. The van der Waals surface area contributed by atoms with Gasteiger partial charge >= 0.3 is 0 Å². The van der Waals surface area contributed by atoms with Crippen molar-refractivity contribution in [3.63, 3.8) is 0 Å². The summed E-state index contributed by atoms with van der Waals surface area (Å²) in [6, 6.07) is 11.0. The minimum Gasteiger partial charge on any atom is -0.495 e. The van der Waals surface area contributed by atoms with Crippen molar-refractivity contribution in [2.24, 2.45) is 0 Å². The van der Waals surface area contributed by atoms with E-state index in [0.717, 1.165) is 11.4 Å². The molecule has 0 aliphatic rings. The summed E-state index contributed by atoms with van der Waals surface area (Å²) >= 11 is 6.06. The first kappa shape index (κ1) is 18.7. The lowest BCUT2D eigenvalue weighted by molar-refractivity contribution is -0.114. The molecule has 0 aliphatic carbocycles. The first-order valence-corrected chi connectivity index (χ1v) is 8.05. The van der Waals surface area contributed by atoms with Crippen LogP contribution < -0.4 is 25.0 Å². The van der Waals surface area contributed by atoms with Gasteiger partial charge in [-0.05, 0) is 24.3 Å². The van der Waals surface area contributed by atoms with Gasteiger partial charge in [-0.15, -0.1) is 0 Å². The summed E-state index contributed by atoms with van der Waals surface area (Å²) in [7, 11) is 6.98. The quantitative estimate of drug-likeness (QED) is 0.788. The van der Waals surface area contributed by atoms with Crippen LogP contribution in [0.3, 0.4) is 0 Å². The molecule has 2 aromatic rings. The molecule has 25 heavy (non-hydrogen) atoms. The Balaban J connectivity index is 2.00. The number of amides is 1. The second kappa shape index (κ2) is 8.48. The molecule has 2 rings (SSSR count). The molecule has 2 aromatic carbocycles. The standard InChI is InChI=1S/C18H22ClN3O3/c1-22(2)13-7-5-12(6-8-13)20-11-18(23)21-15-10-16(24-3)14(19)9-17(15)25-4/h5-10,20H,11H2,1-4H3,(H,21,23). The summed E-state index contributed by atoms with van der Waals surface area (Å²) in [5.74, 6) is 0.721. The topological polar surface area (TPSA) is 62.8 Å². The number of hydrogen-bond donors (Lipinski definition) is 2. The average molecular weight is 364 g/mol. The van der Waals surface area contributed by atoms with E-state index in [1.807, 2.05) is 43.3 Å². The lowest BCUT2D eigenvalue weighted by Crippen LogP contribution is -2.22. The van der Waals surface area contributed by atoms with Crippen molar-refractivity contribution in [2.75, 3.05) is 50.4 Å². The van der Waals surface area contributed by atoms with E-state index in [2.05, 4.69) is 10.6 Å². The molecular formula is C18H22ClN3O3. The van der Waals surface area contributed by atoms with Crippen molar-refractivity contribution in [1.29, 1.82) is 0 Å². The molecule has 7 heteroatoms. The maximum atomic E-state index is 12.2. The molecule has 0 aliphatic heterocycles. The molecule has 0 aromatic heterocycles. The molecule has 134 valence electrons. The number of hydrogen-bond acceptors (Lipinski definition) is 5. The van der Waals surface area contributed by atoms with Crippen molar-refractivity contribution in [1.82, 2.24) is 0 Å². The van der Waals surface area contributed by atoms with Crippen molar-refractivity contribution >= 4 is 34.6 Å². The van der Waals surface area contributed by atoms with E-state index < -0.39 is 0 Å². The number of methoxy groups -OCH3 is 2. The van der Waals surface area contributed by atoms with Gasteiger partial charge in [-0.3, -0.25) is 4.79 Å². The Kier molecular flexibility index (Phi) is 6.36. The third kappa shape index (κ3) is 4.93. The van der Waals surface area contributed by atoms with Crippen LogP contribution in [0.15, 0.2) is 36.4 Å². The minimum atomic E-state index is -0.209. The van der Waals surface area contributed by atoms with Crippen LogP contribution in [0.1, 0.15) is 0 Å². The highest BCUT2D eigenvalue weighted by Gasteiger charge is 2.12. The Hall–Kier alpha value is -2.60. The highest BCUT2D eigenvalue weighted by atomic mass is 35.5. The van der Waals surface area contributed by atoms with Gasteiger partial charge in [-0.2, -0.15) is 0 Å². The van der Waals surface area contributed by atoms with Crippen LogP contribution in [0.5, 0.6) is 11.5 Å². The van der Waals surface area contributed by atoms with Gasteiger partial charge in [0, 0.05) is 37.6 Å². The molecule has 0 unspecified atom stereocenters. The minimum absolute atomic E-state index is 0.120. The number of nitrogens with one attached hydrogen (secondary N) is 2. The van der Waals surface area contributed by atoms with E-state index in [1.165, 1.54) is 14.2 Å². The zero-order valence-electron chi connectivity index (χ0n) is 14.7. The highest BCUT2D eigenvalue weighted by molar-refractivity contribution is 6.32. The number of benzene rings is 2. The zero-order valence-corrected chi connectivity index (χ0v) is 15.5. The molecule has 0 atom stereocenters. The van der Waals surface area contributed by atoms with E-state index in [1.54, 1.807) is 12.1 Å². The Morgan fingerprint density at radius 3 is 2.28 bits per heavy atom. The van der Waals surface area contributed by atoms with Crippen LogP contribution in [0, 0.1) is 0 Å². The van der Waals surface area contributed by atoms with Gasteiger partial charge in [0.25, 0.3) is 0 Å². The number of nitrogens with zero attached hydrogens (tertiary/aromatic N) is 1. The smallest absolute Gasteiger partial charge is 0.243 e. The molecule has 0 bridgehead atoms. The summed E-state index contributed by atoms with van der Waals surface area (Å²) in [4.78, 5) is 14.2. The summed E-state index contributed by atoms with van der Waals surface area (Å²) in [5, 5.41) is 6.28. The molecule has 0 radical (unpaired) electrons. The van der Waals surface area contributed by atoms with Crippen molar-refractivity contribution in [2.45, 2.75) is 0 Å². The van der Waals surface area contributed by atoms with E-state index in [4.69, 9.17) is 21.1 Å². The largest absolute Gasteiger partial charge is 0.495 e. The number of halogens is 1. The normalized spacial score (nSPS) is 10.1.